The molecule has 2 fully saturated rings. The van der Waals surface area contributed by atoms with E-state index in [-0.39, 0.29) is 17.2 Å². The molecular formula is C15H18N2O2S. The van der Waals surface area contributed by atoms with Crippen LogP contribution in [0, 0.1) is 11.8 Å². The van der Waals surface area contributed by atoms with E-state index in [4.69, 9.17) is 0 Å². The summed E-state index contributed by atoms with van der Waals surface area (Å²) >= 11 is 1.17. The minimum Gasteiger partial charge on any atom is -0.347 e. The monoisotopic (exact) mass is 290 g/mol. The molecule has 5 heteroatoms. The van der Waals surface area contributed by atoms with Gasteiger partial charge in [-0.25, -0.2) is 0 Å². The zero-order valence-electron chi connectivity index (χ0n) is 11.3. The zero-order valence-corrected chi connectivity index (χ0v) is 12.2. The van der Waals surface area contributed by atoms with Gasteiger partial charge in [-0.3, -0.25) is 9.59 Å². The Morgan fingerprint density at radius 1 is 1.40 bits per heavy atom. The number of hydrogen-bond acceptors (Lipinski definition) is 3. The van der Waals surface area contributed by atoms with E-state index in [0.717, 1.165) is 12.0 Å². The molecule has 4 unspecified atom stereocenters. The molecule has 2 aliphatic rings. The van der Waals surface area contributed by atoms with E-state index in [1.165, 1.54) is 11.8 Å². The van der Waals surface area contributed by atoms with Crippen molar-refractivity contribution >= 4 is 22.9 Å². The van der Waals surface area contributed by atoms with Crippen LogP contribution in [0.5, 0.6) is 0 Å². The standard InChI is InChI=1S/C15H18N2O2S/c1-9-7-11(9)13(10-5-3-2-4-6-10)17-14(18)12-8-20-15(19)16-12/h2-6,9,11-13H,7-8H2,1H3,(H,16,19)(H,17,18). The SMILES string of the molecule is CC1CC1C(NC(=O)C1CSC(=O)N1)c1ccccc1. The van der Waals surface area contributed by atoms with Gasteiger partial charge >= 0.3 is 0 Å². The fraction of sp³-hybridized carbons (Fsp3) is 0.467. The second kappa shape index (κ2) is 5.48. The molecule has 0 spiro atoms. The molecule has 1 aliphatic carbocycles. The maximum Gasteiger partial charge on any atom is 0.279 e. The van der Waals surface area contributed by atoms with E-state index in [1.807, 2.05) is 18.2 Å². The van der Waals surface area contributed by atoms with Gasteiger partial charge in [0.05, 0.1) is 6.04 Å². The van der Waals surface area contributed by atoms with E-state index in [2.05, 4.69) is 29.7 Å². The highest BCUT2D eigenvalue weighted by atomic mass is 32.2. The molecule has 1 aromatic rings. The second-order valence-corrected chi connectivity index (χ2v) is 6.56. The molecule has 0 bridgehead atoms. The van der Waals surface area contributed by atoms with Crippen molar-refractivity contribution in [3.8, 4) is 0 Å². The number of rotatable bonds is 4. The van der Waals surface area contributed by atoms with Crippen molar-refractivity contribution in [3.05, 3.63) is 35.9 Å². The first-order valence-corrected chi connectivity index (χ1v) is 7.92. The minimum atomic E-state index is -0.396. The highest BCUT2D eigenvalue weighted by Gasteiger charge is 2.42. The van der Waals surface area contributed by atoms with Crippen LogP contribution in [0.25, 0.3) is 0 Å². The third-order valence-corrected chi connectivity index (χ3v) is 4.93. The smallest absolute Gasteiger partial charge is 0.279 e. The van der Waals surface area contributed by atoms with Crippen molar-refractivity contribution in [1.82, 2.24) is 10.6 Å². The highest BCUT2D eigenvalue weighted by Crippen LogP contribution is 2.46. The number of amides is 2. The summed E-state index contributed by atoms with van der Waals surface area (Å²) < 4.78 is 0. The van der Waals surface area contributed by atoms with Gasteiger partial charge in [-0.05, 0) is 23.8 Å². The lowest BCUT2D eigenvalue weighted by Gasteiger charge is -2.21. The molecule has 1 saturated heterocycles. The number of hydrogen-bond donors (Lipinski definition) is 2. The first-order valence-electron chi connectivity index (χ1n) is 6.94. The molecule has 1 aromatic carbocycles. The van der Waals surface area contributed by atoms with Crippen LogP contribution in [0.4, 0.5) is 4.79 Å². The molecule has 106 valence electrons. The molecule has 1 aliphatic heterocycles. The largest absolute Gasteiger partial charge is 0.347 e. The van der Waals surface area contributed by atoms with Crippen molar-refractivity contribution in [2.45, 2.75) is 25.4 Å². The van der Waals surface area contributed by atoms with Crippen molar-refractivity contribution in [1.29, 1.82) is 0 Å². The molecule has 4 nitrogen and oxygen atoms in total. The summed E-state index contributed by atoms with van der Waals surface area (Å²) in [6.45, 7) is 2.21. The summed E-state index contributed by atoms with van der Waals surface area (Å²) in [6, 6.07) is 9.74. The van der Waals surface area contributed by atoms with Gasteiger partial charge in [0, 0.05) is 5.75 Å². The van der Waals surface area contributed by atoms with Gasteiger partial charge < -0.3 is 10.6 Å². The van der Waals surface area contributed by atoms with Gasteiger partial charge in [-0.15, -0.1) is 0 Å². The second-order valence-electron chi connectivity index (χ2n) is 5.57. The lowest BCUT2D eigenvalue weighted by Crippen LogP contribution is -2.44. The van der Waals surface area contributed by atoms with Crippen molar-refractivity contribution in [2.75, 3.05) is 5.75 Å². The lowest BCUT2D eigenvalue weighted by molar-refractivity contribution is -0.123. The summed E-state index contributed by atoms with van der Waals surface area (Å²) in [5.41, 5.74) is 1.15. The third kappa shape index (κ3) is 2.82. The summed E-state index contributed by atoms with van der Waals surface area (Å²) in [4.78, 5) is 23.5. The van der Waals surface area contributed by atoms with Crippen molar-refractivity contribution < 1.29 is 9.59 Å². The molecule has 2 N–H and O–H groups in total. The zero-order chi connectivity index (χ0) is 14.1. The summed E-state index contributed by atoms with van der Waals surface area (Å²) in [7, 11) is 0. The molecular weight excluding hydrogens is 272 g/mol. The van der Waals surface area contributed by atoms with E-state index in [9.17, 15) is 9.59 Å². The molecule has 3 rings (SSSR count). The minimum absolute atomic E-state index is 0.0567. The molecule has 0 aromatic heterocycles. The Morgan fingerprint density at radius 2 is 2.10 bits per heavy atom. The normalized spacial score (nSPS) is 29.6. The molecule has 1 saturated carbocycles. The summed E-state index contributed by atoms with van der Waals surface area (Å²) in [5.74, 6) is 1.60. The fourth-order valence-electron chi connectivity index (χ4n) is 2.69. The number of nitrogens with one attached hydrogen (secondary N) is 2. The van der Waals surface area contributed by atoms with Gasteiger partial charge in [-0.2, -0.15) is 0 Å². The Bertz CT molecular complexity index is 520. The number of carbonyl (C=O) groups is 2. The van der Waals surface area contributed by atoms with Crippen LogP contribution in [-0.2, 0) is 4.79 Å². The highest BCUT2D eigenvalue weighted by molar-refractivity contribution is 8.14. The average Bonchev–Trinajstić information content (AvgIpc) is 3.00. The summed E-state index contributed by atoms with van der Waals surface area (Å²) in [5, 5.41) is 5.70. The van der Waals surface area contributed by atoms with Gasteiger partial charge in [-0.1, -0.05) is 49.0 Å². The van der Waals surface area contributed by atoms with Gasteiger partial charge in [0.2, 0.25) is 5.91 Å². The van der Waals surface area contributed by atoms with E-state index < -0.39 is 6.04 Å². The van der Waals surface area contributed by atoms with Crippen molar-refractivity contribution in [2.24, 2.45) is 11.8 Å². The third-order valence-electron chi connectivity index (χ3n) is 4.05. The summed E-state index contributed by atoms with van der Waals surface area (Å²) in [6.07, 6.45) is 1.14. The molecule has 0 radical (unpaired) electrons. The Hall–Kier alpha value is -1.49. The average molecular weight is 290 g/mol. The van der Waals surface area contributed by atoms with Crippen LogP contribution in [0.3, 0.4) is 0 Å². The maximum absolute atomic E-state index is 12.3. The number of benzene rings is 1. The van der Waals surface area contributed by atoms with Gasteiger partial charge in [0.1, 0.15) is 6.04 Å². The van der Waals surface area contributed by atoms with Gasteiger partial charge in [0.15, 0.2) is 0 Å². The van der Waals surface area contributed by atoms with Gasteiger partial charge in [0.25, 0.3) is 5.24 Å². The topological polar surface area (TPSA) is 58.2 Å². The predicted molar refractivity (Wildman–Crippen MR) is 79.4 cm³/mol. The van der Waals surface area contributed by atoms with E-state index >= 15 is 0 Å². The Balaban J connectivity index is 1.71. The number of carbonyl (C=O) groups excluding carboxylic acids is 2. The van der Waals surface area contributed by atoms with Crippen LogP contribution in [0.1, 0.15) is 24.9 Å². The lowest BCUT2D eigenvalue weighted by atomic mass is 10.0. The van der Waals surface area contributed by atoms with Crippen LogP contribution in [-0.4, -0.2) is 22.9 Å². The fourth-order valence-corrected chi connectivity index (χ4v) is 3.47. The van der Waals surface area contributed by atoms with Crippen LogP contribution in [0.2, 0.25) is 0 Å². The predicted octanol–water partition coefficient (Wildman–Crippen LogP) is 2.32. The molecule has 4 atom stereocenters. The first-order chi connectivity index (χ1) is 9.65. The van der Waals surface area contributed by atoms with E-state index in [1.54, 1.807) is 0 Å². The maximum atomic E-state index is 12.3. The van der Waals surface area contributed by atoms with Crippen LogP contribution < -0.4 is 10.6 Å². The Kier molecular flexibility index (Phi) is 3.70. The molecule has 20 heavy (non-hydrogen) atoms. The Morgan fingerprint density at radius 3 is 2.65 bits per heavy atom. The van der Waals surface area contributed by atoms with Crippen LogP contribution >= 0.6 is 11.8 Å². The van der Waals surface area contributed by atoms with Crippen molar-refractivity contribution in [3.63, 3.8) is 0 Å². The molecule has 2 amide bonds. The Labute approximate surface area is 122 Å². The molecule has 1 heterocycles. The van der Waals surface area contributed by atoms with Crippen LogP contribution in [0.15, 0.2) is 30.3 Å². The quantitative estimate of drug-likeness (QED) is 0.894. The van der Waals surface area contributed by atoms with E-state index in [0.29, 0.717) is 17.6 Å². The number of thioether (sulfide) groups is 1. The first kappa shape index (κ1) is 13.5.